The summed E-state index contributed by atoms with van der Waals surface area (Å²) >= 11 is 0. The molecule has 0 radical (unpaired) electrons. The number of aliphatic hydroxyl groups is 1. The van der Waals surface area contributed by atoms with E-state index in [-0.39, 0.29) is 24.6 Å². The first-order valence-electron chi connectivity index (χ1n) is 8.55. The van der Waals surface area contributed by atoms with Crippen LogP contribution in [0.5, 0.6) is 0 Å². The highest BCUT2D eigenvalue weighted by molar-refractivity contribution is 7.92. The third kappa shape index (κ3) is 6.64. The molecule has 2 rings (SSSR count). The number of benzene rings is 1. The Hall–Kier alpha value is -2.13. The molecule has 0 heterocycles. The van der Waals surface area contributed by atoms with Crippen molar-refractivity contribution in [3.63, 3.8) is 0 Å². The Morgan fingerprint density at radius 1 is 1.19 bits per heavy atom. The molecule has 26 heavy (non-hydrogen) atoms. The van der Waals surface area contributed by atoms with Crippen LogP contribution < -0.4 is 15.4 Å². The van der Waals surface area contributed by atoms with Crippen LogP contribution in [0.15, 0.2) is 24.3 Å². The molecule has 4 N–H and O–H groups in total. The largest absolute Gasteiger partial charge is 0.388 e. The molecule has 1 fully saturated rings. The molecule has 1 saturated carbocycles. The van der Waals surface area contributed by atoms with E-state index in [9.17, 15) is 23.1 Å². The molecule has 9 heteroatoms. The zero-order chi connectivity index (χ0) is 19.2. The molecule has 2 amide bonds. The summed E-state index contributed by atoms with van der Waals surface area (Å²) in [6.45, 7) is 1.51. The second kappa shape index (κ2) is 8.50. The molecule has 1 aromatic rings. The van der Waals surface area contributed by atoms with Gasteiger partial charge in [0.05, 0.1) is 17.0 Å². The van der Waals surface area contributed by atoms with Gasteiger partial charge in [-0.1, -0.05) is 18.9 Å². The fourth-order valence-electron chi connectivity index (χ4n) is 2.88. The lowest BCUT2D eigenvalue weighted by atomic mass is 10.0. The fourth-order valence-corrected chi connectivity index (χ4v) is 3.93. The van der Waals surface area contributed by atoms with Crippen LogP contribution in [0.1, 0.15) is 39.0 Å². The summed E-state index contributed by atoms with van der Waals surface area (Å²) in [6, 6.07) is 6.30. The van der Waals surface area contributed by atoms with Crippen LogP contribution in [-0.2, 0) is 19.6 Å². The van der Waals surface area contributed by atoms with Crippen LogP contribution in [-0.4, -0.2) is 43.2 Å². The third-order valence-corrected chi connectivity index (χ3v) is 5.49. The average Bonchev–Trinajstić information content (AvgIpc) is 2.97. The van der Waals surface area contributed by atoms with Crippen molar-refractivity contribution in [3.05, 3.63) is 24.3 Å². The Balaban J connectivity index is 1.82. The standard InChI is InChI=1S/C17H25N3O5S/c1-13(21)19-14-5-4-6-15(11-14)20-26(24,25)10-7-16(22)18-12-17(23)8-2-3-9-17/h4-6,11,20,23H,2-3,7-10,12H2,1H3,(H,18,22)(H,19,21). The number of carbonyl (C=O) groups excluding carboxylic acids is 2. The number of sulfonamides is 1. The first kappa shape index (κ1) is 20.2. The van der Waals surface area contributed by atoms with E-state index in [0.717, 1.165) is 12.8 Å². The molecule has 0 spiro atoms. The van der Waals surface area contributed by atoms with E-state index in [1.807, 2.05) is 0 Å². The lowest BCUT2D eigenvalue weighted by Crippen LogP contribution is -2.41. The minimum atomic E-state index is -3.71. The first-order valence-corrected chi connectivity index (χ1v) is 10.2. The van der Waals surface area contributed by atoms with Crippen molar-refractivity contribution in [3.8, 4) is 0 Å². The zero-order valence-electron chi connectivity index (χ0n) is 14.7. The fraction of sp³-hybridized carbons (Fsp3) is 0.529. The van der Waals surface area contributed by atoms with Crippen molar-refractivity contribution in [2.45, 2.75) is 44.6 Å². The summed E-state index contributed by atoms with van der Waals surface area (Å²) in [4.78, 5) is 22.9. The van der Waals surface area contributed by atoms with Crippen LogP contribution in [0.3, 0.4) is 0 Å². The van der Waals surface area contributed by atoms with Gasteiger partial charge in [0.15, 0.2) is 0 Å². The normalized spacial score (nSPS) is 16.1. The van der Waals surface area contributed by atoms with Crippen molar-refractivity contribution < 1.29 is 23.1 Å². The number of amides is 2. The summed E-state index contributed by atoms with van der Waals surface area (Å²) in [5.41, 5.74) is -0.0890. The van der Waals surface area contributed by atoms with Gasteiger partial charge in [0.25, 0.3) is 0 Å². The average molecular weight is 383 g/mol. The lowest BCUT2D eigenvalue weighted by Gasteiger charge is -2.22. The molecule has 0 aromatic heterocycles. The summed E-state index contributed by atoms with van der Waals surface area (Å²) in [5, 5.41) is 15.3. The highest BCUT2D eigenvalue weighted by Crippen LogP contribution is 2.28. The van der Waals surface area contributed by atoms with Crippen molar-refractivity contribution >= 4 is 33.2 Å². The van der Waals surface area contributed by atoms with E-state index in [0.29, 0.717) is 24.2 Å². The number of carbonyl (C=O) groups is 2. The highest BCUT2D eigenvalue weighted by atomic mass is 32.2. The minimum Gasteiger partial charge on any atom is -0.388 e. The maximum Gasteiger partial charge on any atom is 0.233 e. The Morgan fingerprint density at radius 3 is 2.50 bits per heavy atom. The Labute approximate surface area is 153 Å². The summed E-state index contributed by atoms with van der Waals surface area (Å²) in [7, 11) is -3.71. The smallest absolute Gasteiger partial charge is 0.233 e. The van der Waals surface area contributed by atoms with Crippen molar-refractivity contribution in [2.24, 2.45) is 0 Å². The zero-order valence-corrected chi connectivity index (χ0v) is 15.6. The van der Waals surface area contributed by atoms with E-state index in [1.54, 1.807) is 18.2 Å². The number of hydrogen-bond donors (Lipinski definition) is 4. The minimum absolute atomic E-state index is 0.151. The van der Waals surface area contributed by atoms with Gasteiger partial charge >= 0.3 is 0 Å². The number of rotatable bonds is 8. The van der Waals surface area contributed by atoms with Crippen LogP contribution >= 0.6 is 0 Å². The van der Waals surface area contributed by atoms with Crippen LogP contribution in [0.4, 0.5) is 11.4 Å². The van der Waals surface area contributed by atoms with E-state index < -0.39 is 21.5 Å². The molecular weight excluding hydrogens is 358 g/mol. The maximum absolute atomic E-state index is 12.1. The van der Waals surface area contributed by atoms with E-state index in [1.165, 1.54) is 13.0 Å². The van der Waals surface area contributed by atoms with Crippen molar-refractivity contribution in [1.82, 2.24) is 5.32 Å². The Kier molecular flexibility index (Phi) is 6.60. The molecular formula is C17H25N3O5S. The third-order valence-electron chi connectivity index (χ3n) is 4.20. The second-order valence-corrected chi connectivity index (χ2v) is 8.48. The maximum atomic E-state index is 12.1. The first-order chi connectivity index (χ1) is 12.2. The summed E-state index contributed by atoms with van der Waals surface area (Å²) < 4.78 is 26.7. The summed E-state index contributed by atoms with van der Waals surface area (Å²) in [6.07, 6.45) is 2.97. The molecule has 1 aliphatic rings. The molecule has 8 nitrogen and oxygen atoms in total. The van der Waals surface area contributed by atoms with Crippen LogP contribution in [0.2, 0.25) is 0 Å². The molecule has 0 saturated heterocycles. The monoisotopic (exact) mass is 383 g/mol. The predicted octanol–water partition coefficient (Wildman–Crippen LogP) is 1.20. The predicted molar refractivity (Wildman–Crippen MR) is 99.2 cm³/mol. The van der Waals surface area contributed by atoms with E-state index >= 15 is 0 Å². The molecule has 1 aromatic carbocycles. The van der Waals surface area contributed by atoms with E-state index in [2.05, 4.69) is 15.4 Å². The Bertz CT molecular complexity index is 757. The quantitative estimate of drug-likeness (QED) is 0.537. The topological polar surface area (TPSA) is 125 Å². The van der Waals surface area contributed by atoms with Gasteiger partial charge in [-0.2, -0.15) is 0 Å². The molecule has 144 valence electrons. The van der Waals surface area contributed by atoms with Crippen molar-refractivity contribution in [1.29, 1.82) is 0 Å². The lowest BCUT2D eigenvalue weighted by molar-refractivity contribution is -0.122. The van der Waals surface area contributed by atoms with Gasteiger partial charge in [0.1, 0.15) is 0 Å². The van der Waals surface area contributed by atoms with Crippen LogP contribution in [0, 0.1) is 0 Å². The Morgan fingerprint density at radius 2 is 1.85 bits per heavy atom. The summed E-state index contributed by atoms with van der Waals surface area (Å²) in [5.74, 6) is -1.05. The van der Waals surface area contributed by atoms with Gasteiger partial charge < -0.3 is 15.7 Å². The van der Waals surface area contributed by atoms with Gasteiger partial charge in [-0.05, 0) is 31.0 Å². The number of hydrogen-bond acceptors (Lipinski definition) is 5. The molecule has 1 aliphatic carbocycles. The number of anilines is 2. The van der Waals surface area contributed by atoms with Gasteiger partial charge in [-0.25, -0.2) is 8.42 Å². The number of nitrogens with one attached hydrogen (secondary N) is 3. The van der Waals surface area contributed by atoms with Gasteiger partial charge in [0, 0.05) is 25.6 Å². The second-order valence-electron chi connectivity index (χ2n) is 6.64. The van der Waals surface area contributed by atoms with Crippen LogP contribution in [0.25, 0.3) is 0 Å². The highest BCUT2D eigenvalue weighted by Gasteiger charge is 2.31. The molecule has 0 bridgehead atoms. The van der Waals surface area contributed by atoms with Gasteiger partial charge in [0.2, 0.25) is 21.8 Å². The van der Waals surface area contributed by atoms with Gasteiger partial charge in [-0.15, -0.1) is 0 Å². The molecule has 0 atom stereocenters. The van der Waals surface area contributed by atoms with E-state index in [4.69, 9.17) is 0 Å². The molecule has 0 aliphatic heterocycles. The van der Waals surface area contributed by atoms with Crippen molar-refractivity contribution in [2.75, 3.05) is 22.3 Å². The van der Waals surface area contributed by atoms with Gasteiger partial charge in [-0.3, -0.25) is 14.3 Å². The SMILES string of the molecule is CC(=O)Nc1cccc(NS(=O)(=O)CCC(=O)NCC2(O)CCCC2)c1. The molecule has 0 unspecified atom stereocenters.